The Bertz CT molecular complexity index is 497. The average molecular weight is 325 g/mol. The second kappa shape index (κ2) is 5.47. The van der Waals surface area contributed by atoms with Crippen molar-refractivity contribution in [1.82, 2.24) is 15.2 Å². The van der Waals surface area contributed by atoms with Gasteiger partial charge in [-0.1, -0.05) is 0 Å². The van der Waals surface area contributed by atoms with Crippen LogP contribution in [0.15, 0.2) is 4.47 Å². The Morgan fingerprint density at radius 1 is 1.59 bits per heavy atom. The van der Waals surface area contributed by atoms with E-state index in [-0.39, 0.29) is 11.8 Å². The summed E-state index contributed by atoms with van der Waals surface area (Å²) >= 11 is 3.44. The van der Waals surface area contributed by atoms with Crippen LogP contribution in [-0.4, -0.2) is 36.2 Å². The molecule has 1 heterocycles. The Morgan fingerprint density at radius 2 is 2.18 bits per heavy atom. The molecule has 6 nitrogen and oxygen atoms in total. The molecule has 0 saturated carbocycles. The number of hydrazine groups is 1. The first-order valence-corrected chi connectivity index (χ1v) is 7.91. The topological polar surface area (TPSA) is 90.0 Å². The fourth-order valence-electron chi connectivity index (χ4n) is 1.67. The van der Waals surface area contributed by atoms with Gasteiger partial charge in [-0.3, -0.25) is 16.0 Å². The monoisotopic (exact) mass is 324 g/mol. The van der Waals surface area contributed by atoms with Gasteiger partial charge in [-0.2, -0.15) is 5.10 Å². The molecular formula is C9H17BrN4O2S. The molecule has 0 aliphatic heterocycles. The second-order valence-electron chi connectivity index (χ2n) is 4.13. The maximum Gasteiger partial charge on any atom is 0.149 e. The van der Waals surface area contributed by atoms with Gasteiger partial charge in [0.2, 0.25) is 0 Å². The van der Waals surface area contributed by atoms with E-state index in [0.29, 0.717) is 6.42 Å². The first kappa shape index (κ1) is 14.6. The molecule has 8 heteroatoms. The summed E-state index contributed by atoms with van der Waals surface area (Å²) < 4.78 is 25.1. The van der Waals surface area contributed by atoms with Crippen molar-refractivity contribution in [2.75, 3.05) is 12.0 Å². The minimum Gasteiger partial charge on any atom is -0.271 e. The number of aromatic nitrogens is 2. The fourth-order valence-corrected chi connectivity index (χ4v) is 3.11. The van der Waals surface area contributed by atoms with Crippen LogP contribution in [-0.2, 0) is 23.3 Å². The molecule has 0 fully saturated rings. The lowest BCUT2D eigenvalue weighted by Gasteiger charge is -2.15. The molecule has 0 radical (unpaired) electrons. The highest BCUT2D eigenvalue weighted by atomic mass is 79.9. The molecule has 0 spiro atoms. The Kier molecular flexibility index (Phi) is 4.70. The van der Waals surface area contributed by atoms with Crippen LogP contribution in [0.25, 0.3) is 0 Å². The lowest BCUT2D eigenvalue weighted by atomic mass is 10.2. The molecule has 1 rings (SSSR count). The maximum absolute atomic E-state index is 11.2. The van der Waals surface area contributed by atoms with Gasteiger partial charge < -0.3 is 0 Å². The van der Waals surface area contributed by atoms with Gasteiger partial charge >= 0.3 is 0 Å². The van der Waals surface area contributed by atoms with Crippen molar-refractivity contribution in [2.45, 2.75) is 19.4 Å². The van der Waals surface area contributed by atoms with Crippen LogP contribution >= 0.6 is 15.9 Å². The van der Waals surface area contributed by atoms with Gasteiger partial charge in [0.25, 0.3) is 0 Å². The number of hydrogen-bond acceptors (Lipinski definition) is 5. The number of sulfone groups is 1. The second-order valence-corrected chi connectivity index (χ2v) is 7.11. The van der Waals surface area contributed by atoms with Crippen molar-refractivity contribution in [3.05, 3.63) is 15.9 Å². The van der Waals surface area contributed by atoms with Crippen LogP contribution in [0.5, 0.6) is 0 Å². The van der Waals surface area contributed by atoms with Gasteiger partial charge in [0, 0.05) is 25.8 Å². The summed E-state index contributed by atoms with van der Waals surface area (Å²) in [5, 5.41) is 4.25. The highest BCUT2D eigenvalue weighted by molar-refractivity contribution is 9.10. The summed E-state index contributed by atoms with van der Waals surface area (Å²) in [6.45, 7) is 1.88. The Morgan fingerprint density at radius 3 is 2.53 bits per heavy atom. The molecular weight excluding hydrogens is 308 g/mol. The highest BCUT2D eigenvalue weighted by Gasteiger charge is 2.19. The molecule has 3 N–H and O–H groups in total. The Labute approximate surface area is 110 Å². The van der Waals surface area contributed by atoms with Crippen molar-refractivity contribution in [2.24, 2.45) is 12.9 Å². The van der Waals surface area contributed by atoms with Crippen molar-refractivity contribution in [3.63, 3.8) is 0 Å². The van der Waals surface area contributed by atoms with E-state index in [0.717, 1.165) is 15.9 Å². The van der Waals surface area contributed by atoms with E-state index < -0.39 is 9.84 Å². The van der Waals surface area contributed by atoms with Gasteiger partial charge in [-0.25, -0.2) is 8.42 Å². The van der Waals surface area contributed by atoms with Crippen LogP contribution in [0.4, 0.5) is 0 Å². The molecule has 0 bridgehead atoms. The lowest BCUT2D eigenvalue weighted by molar-refractivity contribution is 0.530. The third-order valence-corrected chi connectivity index (χ3v) is 4.48. The summed E-state index contributed by atoms with van der Waals surface area (Å²) in [7, 11) is -1.24. The molecule has 1 unspecified atom stereocenters. The van der Waals surface area contributed by atoms with E-state index in [4.69, 9.17) is 5.84 Å². The van der Waals surface area contributed by atoms with E-state index in [1.54, 1.807) is 4.68 Å². The number of nitrogens with one attached hydrogen (secondary N) is 1. The van der Waals surface area contributed by atoms with E-state index in [2.05, 4.69) is 26.5 Å². The molecule has 1 atom stereocenters. The third-order valence-electron chi connectivity index (χ3n) is 2.44. The van der Waals surface area contributed by atoms with Gasteiger partial charge in [0.15, 0.2) is 0 Å². The fraction of sp³-hybridized carbons (Fsp3) is 0.667. The number of nitrogens with two attached hydrogens (primary N) is 1. The number of rotatable bonds is 5. The number of nitrogens with zero attached hydrogens (tertiary/aromatic N) is 2. The normalized spacial score (nSPS) is 13.9. The number of halogens is 1. The van der Waals surface area contributed by atoms with Crippen LogP contribution < -0.4 is 11.3 Å². The number of aryl methyl sites for hydroxylation is 2. The zero-order chi connectivity index (χ0) is 13.2. The molecule has 0 aliphatic carbocycles. The van der Waals surface area contributed by atoms with E-state index >= 15 is 0 Å². The van der Waals surface area contributed by atoms with E-state index in [1.165, 1.54) is 6.26 Å². The predicted octanol–water partition coefficient (Wildman–Crippen LogP) is -0.0900. The molecule has 0 saturated heterocycles. The van der Waals surface area contributed by atoms with Gasteiger partial charge in [0.1, 0.15) is 9.84 Å². The van der Waals surface area contributed by atoms with Crippen molar-refractivity contribution >= 4 is 25.8 Å². The summed E-state index contributed by atoms with van der Waals surface area (Å²) in [5.74, 6) is 5.38. The standard InChI is InChI=1S/C9H17BrN4O2S/c1-6-9(10)8(14(2)13-6)4-7(12-11)5-17(3,15)16/h7,12H,4-5,11H2,1-3H3. The molecule has 17 heavy (non-hydrogen) atoms. The molecule has 98 valence electrons. The van der Waals surface area contributed by atoms with Gasteiger partial charge in [-0.05, 0) is 22.9 Å². The minimum absolute atomic E-state index is 0.000166. The predicted molar refractivity (Wildman–Crippen MR) is 70.2 cm³/mol. The first-order valence-electron chi connectivity index (χ1n) is 5.06. The smallest absolute Gasteiger partial charge is 0.149 e. The van der Waals surface area contributed by atoms with Crippen LogP contribution in [0.3, 0.4) is 0 Å². The van der Waals surface area contributed by atoms with Crippen LogP contribution in [0, 0.1) is 6.92 Å². The third kappa shape index (κ3) is 4.06. The minimum atomic E-state index is -3.06. The van der Waals surface area contributed by atoms with Crippen molar-refractivity contribution < 1.29 is 8.42 Å². The Balaban J connectivity index is 2.88. The molecule has 1 aromatic rings. The summed E-state index contributed by atoms with van der Waals surface area (Å²) in [4.78, 5) is 0. The van der Waals surface area contributed by atoms with Gasteiger partial charge in [-0.15, -0.1) is 0 Å². The Hall–Kier alpha value is -0.440. The van der Waals surface area contributed by atoms with E-state index in [1.807, 2.05) is 14.0 Å². The first-order chi connectivity index (χ1) is 7.74. The highest BCUT2D eigenvalue weighted by Crippen LogP contribution is 2.21. The van der Waals surface area contributed by atoms with Gasteiger partial charge in [0.05, 0.1) is 21.6 Å². The molecule has 1 aromatic heterocycles. The molecule has 0 aliphatic rings. The summed E-state index contributed by atoms with van der Waals surface area (Å²) in [6.07, 6.45) is 1.70. The molecule has 0 amide bonds. The zero-order valence-corrected chi connectivity index (χ0v) is 12.5. The SMILES string of the molecule is Cc1nn(C)c(CC(CS(C)(=O)=O)NN)c1Br. The lowest BCUT2D eigenvalue weighted by Crippen LogP contribution is -2.42. The van der Waals surface area contributed by atoms with E-state index in [9.17, 15) is 8.42 Å². The maximum atomic E-state index is 11.2. The summed E-state index contributed by atoms with van der Waals surface area (Å²) in [6, 6.07) is -0.323. The summed E-state index contributed by atoms with van der Waals surface area (Å²) in [5.41, 5.74) is 4.33. The van der Waals surface area contributed by atoms with Crippen LogP contribution in [0.2, 0.25) is 0 Å². The van der Waals surface area contributed by atoms with Crippen molar-refractivity contribution in [3.8, 4) is 0 Å². The largest absolute Gasteiger partial charge is 0.271 e. The average Bonchev–Trinajstić information content (AvgIpc) is 2.42. The van der Waals surface area contributed by atoms with Crippen LogP contribution in [0.1, 0.15) is 11.4 Å². The van der Waals surface area contributed by atoms with Crippen molar-refractivity contribution in [1.29, 1.82) is 0 Å². The number of hydrogen-bond donors (Lipinski definition) is 2. The zero-order valence-electron chi connectivity index (χ0n) is 10.1. The quantitative estimate of drug-likeness (QED) is 0.583. The molecule has 0 aromatic carbocycles.